The number of alkyl carbamates (subject to hydrolysis) is 1. The van der Waals surface area contributed by atoms with Gasteiger partial charge >= 0.3 is 6.09 Å². The molecule has 0 saturated carbocycles. The number of hydrogen-bond acceptors (Lipinski definition) is 5. The molecule has 2 rings (SSSR count). The van der Waals surface area contributed by atoms with Crippen LogP contribution < -0.4 is 5.32 Å². The zero-order chi connectivity index (χ0) is 16.8. The van der Waals surface area contributed by atoms with Crippen molar-refractivity contribution >= 4 is 23.6 Å². The summed E-state index contributed by atoms with van der Waals surface area (Å²) in [6.45, 7) is 5.92. The van der Waals surface area contributed by atoms with Crippen molar-refractivity contribution in [3.05, 3.63) is 34.9 Å². The van der Waals surface area contributed by atoms with Crippen molar-refractivity contribution in [2.45, 2.75) is 19.5 Å². The molecule has 23 heavy (non-hydrogen) atoms. The smallest absolute Gasteiger partial charge is 0.413 e. The number of nitrogens with one attached hydrogen (secondary N) is 1. The Morgan fingerprint density at radius 3 is 2.61 bits per heavy atom. The van der Waals surface area contributed by atoms with Crippen molar-refractivity contribution in [3.63, 3.8) is 0 Å². The zero-order valence-electron chi connectivity index (χ0n) is 13.4. The van der Waals surface area contributed by atoms with Gasteiger partial charge in [0.1, 0.15) is 0 Å². The van der Waals surface area contributed by atoms with Crippen LogP contribution in [0.15, 0.2) is 24.3 Å². The van der Waals surface area contributed by atoms with Gasteiger partial charge < -0.3 is 4.74 Å². The van der Waals surface area contributed by atoms with Crippen LogP contribution in [0, 0.1) is 0 Å². The number of piperazine rings is 1. The van der Waals surface area contributed by atoms with Gasteiger partial charge in [0.05, 0.1) is 13.2 Å². The Kier molecular flexibility index (Phi) is 6.38. The largest absolute Gasteiger partial charge is 0.453 e. The highest BCUT2D eigenvalue weighted by molar-refractivity contribution is 6.30. The number of ether oxygens (including phenoxy) is 1. The summed E-state index contributed by atoms with van der Waals surface area (Å²) < 4.78 is 4.44. The van der Waals surface area contributed by atoms with Crippen LogP contribution in [0.4, 0.5) is 4.79 Å². The number of carbonyl (C=O) groups excluding carboxylic acids is 2. The number of imide groups is 1. The van der Waals surface area contributed by atoms with Crippen LogP contribution in [0.5, 0.6) is 0 Å². The molecule has 1 aliphatic heterocycles. The predicted octanol–water partition coefficient (Wildman–Crippen LogP) is 1.73. The van der Waals surface area contributed by atoms with E-state index in [2.05, 4.69) is 25.9 Å². The van der Waals surface area contributed by atoms with E-state index >= 15 is 0 Å². The van der Waals surface area contributed by atoms with Crippen LogP contribution in [0.2, 0.25) is 5.02 Å². The van der Waals surface area contributed by atoms with E-state index in [1.54, 1.807) is 6.92 Å². The molecule has 1 heterocycles. The Balaban J connectivity index is 1.81. The lowest BCUT2D eigenvalue weighted by atomic mass is 10.1. The summed E-state index contributed by atoms with van der Waals surface area (Å²) in [6.07, 6.45) is -0.721. The van der Waals surface area contributed by atoms with Gasteiger partial charge in [-0.1, -0.05) is 23.7 Å². The fourth-order valence-corrected chi connectivity index (χ4v) is 2.84. The minimum Gasteiger partial charge on any atom is -0.453 e. The van der Waals surface area contributed by atoms with Gasteiger partial charge in [-0.25, -0.2) is 4.79 Å². The van der Waals surface area contributed by atoms with Crippen LogP contribution in [-0.4, -0.2) is 61.1 Å². The summed E-state index contributed by atoms with van der Waals surface area (Å²) in [5, 5.41) is 2.96. The highest BCUT2D eigenvalue weighted by Gasteiger charge is 2.26. The molecule has 1 N–H and O–H groups in total. The molecule has 0 aliphatic carbocycles. The second kappa shape index (κ2) is 8.29. The van der Waals surface area contributed by atoms with Crippen LogP contribution in [0.25, 0.3) is 0 Å². The quantitative estimate of drug-likeness (QED) is 0.905. The maximum absolute atomic E-state index is 11.9. The first-order valence-electron chi connectivity index (χ1n) is 7.59. The van der Waals surface area contributed by atoms with E-state index in [0.717, 1.165) is 37.7 Å². The van der Waals surface area contributed by atoms with E-state index in [0.29, 0.717) is 0 Å². The minimum absolute atomic E-state index is 0.333. The molecule has 1 aromatic carbocycles. The summed E-state index contributed by atoms with van der Waals surface area (Å²) in [5.74, 6) is -0.333. The lowest BCUT2D eigenvalue weighted by molar-refractivity contribution is -0.125. The molecule has 0 aromatic heterocycles. The molecular formula is C16H22ClN3O3. The Hall–Kier alpha value is -1.63. The fourth-order valence-electron chi connectivity index (χ4n) is 2.62. The van der Waals surface area contributed by atoms with Crippen LogP contribution >= 0.6 is 11.6 Å². The Morgan fingerprint density at radius 2 is 2.00 bits per heavy atom. The first-order chi connectivity index (χ1) is 11.0. The van der Waals surface area contributed by atoms with Gasteiger partial charge in [0.25, 0.3) is 0 Å². The fraction of sp³-hybridized carbons (Fsp3) is 0.500. The summed E-state index contributed by atoms with van der Waals surface area (Å²) in [4.78, 5) is 27.4. The monoisotopic (exact) mass is 339 g/mol. The number of amides is 2. The van der Waals surface area contributed by atoms with E-state index in [4.69, 9.17) is 11.6 Å². The Labute approximate surface area is 141 Å². The van der Waals surface area contributed by atoms with Crippen molar-refractivity contribution < 1.29 is 14.3 Å². The lowest BCUT2D eigenvalue weighted by Gasteiger charge is -2.37. The van der Waals surface area contributed by atoms with Crippen LogP contribution in [0.3, 0.4) is 0 Å². The SMILES string of the molecule is COC(=O)NC(=O)[C@H](C)N1CCN(Cc2cccc(Cl)c2)CC1. The maximum atomic E-state index is 11.9. The zero-order valence-corrected chi connectivity index (χ0v) is 14.2. The van der Waals surface area contributed by atoms with Gasteiger partial charge in [0, 0.05) is 37.7 Å². The third kappa shape index (κ3) is 5.20. The molecule has 0 unspecified atom stereocenters. The average Bonchev–Trinajstić information content (AvgIpc) is 2.54. The number of methoxy groups -OCH3 is 1. The summed E-state index contributed by atoms with van der Waals surface area (Å²) in [6, 6.07) is 7.49. The van der Waals surface area contributed by atoms with Gasteiger partial charge in [-0.3, -0.25) is 19.9 Å². The highest BCUT2D eigenvalue weighted by Crippen LogP contribution is 2.14. The number of nitrogens with zero attached hydrogens (tertiary/aromatic N) is 2. The summed E-state index contributed by atoms with van der Waals surface area (Å²) in [5.41, 5.74) is 1.18. The second-order valence-electron chi connectivity index (χ2n) is 5.60. The topological polar surface area (TPSA) is 61.9 Å². The van der Waals surface area contributed by atoms with Gasteiger partial charge in [0.2, 0.25) is 5.91 Å². The van der Waals surface area contributed by atoms with Crippen LogP contribution in [0.1, 0.15) is 12.5 Å². The van der Waals surface area contributed by atoms with E-state index in [9.17, 15) is 9.59 Å². The highest BCUT2D eigenvalue weighted by atomic mass is 35.5. The first kappa shape index (κ1) is 17.7. The number of benzene rings is 1. The normalized spacial score (nSPS) is 17.5. The number of rotatable bonds is 4. The Morgan fingerprint density at radius 1 is 1.30 bits per heavy atom. The third-order valence-electron chi connectivity index (χ3n) is 4.04. The predicted molar refractivity (Wildman–Crippen MR) is 88.3 cm³/mol. The number of hydrogen-bond donors (Lipinski definition) is 1. The molecule has 1 aliphatic rings. The van der Waals surface area contributed by atoms with Gasteiger partial charge in [-0.2, -0.15) is 0 Å². The molecule has 1 atom stereocenters. The summed E-state index contributed by atoms with van der Waals surface area (Å²) in [7, 11) is 1.24. The van der Waals surface area contributed by atoms with Crippen molar-refractivity contribution in [2.75, 3.05) is 33.3 Å². The molecule has 1 fully saturated rings. The molecule has 7 heteroatoms. The Bertz CT molecular complexity index is 559. The molecular weight excluding hydrogens is 318 g/mol. The molecule has 1 aromatic rings. The molecule has 126 valence electrons. The second-order valence-corrected chi connectivity index (χ2v) is 6.04. The van der Waals surface area contributed by atoms with Gasteiger partial charge in [0.15, 0.2) is 0 Å². The molecule has 0 radical (unpaired) electrons. The molecule has 2 amide bonds. The van der Waals surface area contributed by atoms with Crippen molar-refractivity contribution in [3.8, 4) is 0 Å². The van der Waals surface area contributed by atoms with Crippen LogP contribution in [-0.2, 0) is 16.1 Å². The summed E-state index contributed by atoms with van der Waals surface area (Å²) >= 11 is 6.01. The number of halogens is 1. The third-order valence-corrected chi connectivity index (χ3v) is 4.28. The maximum Gasteiger partial charge on any atom is 0.413 e. The lowest BCUT2D eigenvalue weighted by Crippen LogP contribution is -2.54. The van der Waals surface area contributed by atoms with E-state index < -0.39 is 6.09 Å². The van der Waals surface area contributed by atoms with Crippen molar-refractivity contribution in [1.29, 1.82) is 0 Å². The standard InChI is InChI=1S/C16H22ClN3O3/c1-12(15(21)18-16(22)23-2)20-8-6-19(7-9-20)11-13-4-3-5-14(17)10-13/h3-5,10,12H,6-9,11H2,1-2H3,(H,18,21,22)/t12-/m0/s1. The van der Waals surface area contributed by atoms with E-state index in [1.165, 1.54) is 12.7 Å². The van der Waals surface area contributed by atoms with Gasteiger partial charge in [-0.15, -0.1) is 0 Å². The molecule has 6 nitrogen and oxygen atoms in total. The van der Waals surface area contributed by atoms with Gasteiger partial charge in [-0.05, 0) is 24.6 Å². The first-order valence-corrected chi connectivity index (χ1v) is 7.97. The number of carbonyl (C=O) groups is 2. The average molecular weight is 340 g/mol. The van der Waals surface area contributed by atoms with Crippen molar-refractivity contribution in [1.82, 2.24) is 15.1 Å². The molecule has 1 saturated heterocycles. The minimum atomic E-state index is -0.721. The van der Waals surface area contributed by atoms with E-state index in [-0.39, 0.29) is 11.9 Å². The molecule has 0 spiro atoms. The van der Waals surface area contributed by atoms with Crippen molar-refractivity contribution in [2.24, 2.45) is 0 Å². The van der Waals surface area contributed by atoms with E-state index in [1.807, 2.05) is 18.2 Å². The molecule has 0 bridgehead atoms.